The number of carbonyl (C=O) groups excluding carboxylic acids is 1. The standard InChI is InChI=1S/C24H33NO4/c1-29-20-8-6-19(7-9-20)23-12-17-11-18(13-23)15-24(14-17,16-23)22(28)25-10-4-2-3-5-21(26)27/h6-9,17-18H,2-5,10-16H2,1H3,(H,25,28)(H,26,27). The highest BCUT2D eigenvalue weighted by Crippen LogP contribution is 2.65. The molecule has 5 nitrogen and oxygen atoms in total. The minimum atomic E-state index is -0.744. The van der Waals surface area contributed by atoms with Crippen molar-refractivity contribution in [2.24, 2.45) is 17.3 Å². The first-order valence-electron chi connectivity index (χ1n) is 11.1. The Kier molecular flexibility index (Phi) is 5.58. The second-order valence-electron chi connectivity index (χ2n) is 9.71. The highest BCUT2D eigenvalue weighted by Gasteiger charge is 2.60. The highest BCUT2D eigenvalue weighted by molar-refractivity contribution is 5.83. The third-order valence-electron chi connectivity index (χ3n) is 7.60. The molecule has 4 fully saturated rings. The molecule has 0 radical (unpaired) electrons. The number of methoxy groups -OCH3 is 1. The summed E-state index contributed by atoms with van der Waals surface area (Å²) in [5, 5.41) is 11.9. The van der Waals surface area contributed by atoms with Gasteiger partial charge in [-0.05, 0) is 86.3 Å². The van der Waals surface area contributed by atoms with Gasteiger partial charge in [0.05, 0.1) is 12.5 Å². The molecule has 0 aliphatic heterocycles. The van der Waals surface area contributed by atoms with E-state index in [1.54, 1.807) is 7.11 Å². The molecule has 0 spiro atoms. The number of carboxylic acids is 1. The van der Waals surface area contributed by atoms with Crippen LogP contribution in [0, 0.1) is 17.3 Å². The molecule has 4 aliphatic rings. The molecular formula is C24H33NO4. The van der Waals surface area contributed by atoms with E-state index in [1.807, 2.05) is 0 Å². The number of carbonyl (C=O) groups is 2. The van der Waals surface area contributed by atoms with Crippen LogP contribution in [0.25, 0.3) is 0 Å². The first kappa shape index (κ1) is 20.2. The summed E-state index contributed by atoms with van der Waals surface area (Å²) in [6.45, 7) is 0.658. The lowest BCUT2D eigenvalue weighted by molar-refractivity contribution is -0.149. The smallest absolute Gasteiger partial charge is 0.303 e. The monoisotopic (exact) mass is 399 g/mol. The van der Waals surface area contributed by atoms with Crippen molar-refractivity contribution in [3.8, 4) is 5.75 Å². The molecule has 4 aliphatic carbocycles. The number of hydrogen-bond donors (Lipinski definition) is 2. The Morgan fingerprint density at radius 1 is 1.07 bits per heavy atom. The quantitative estimate of drug-likeness (QED) is 0.607. The van der Waals surface area contributed by atoms with Crippen molar-refractivity contribution < 1.29 is 19.4 Å². The van der Waals surface area contributed by atoms with E-state index in [1.165, 1.54) is 24.8 Å². The zero-order valence-corrected chi connectivity index (χ0v) is 17.4. The van der Waals surface area contributed by atoms with Gasteiger partial charge in [0.2, 0.25) is 5.91 Å². The summed E-state index contributed by atoms with van der Waals surface area (Å²) in [5.74, 6) is 1.68. The number of ether oxygens (including phenoxy) is 1. The van der Waals surface area contributed by atoms with Crippen LogP contribution in [0.15, 0.2) is 24.3 Å². The van der Waals surface area contributed by atoms with E-state index in [2.05, 4.69) is 29.6 Å². The number of benzene rings is 1. The van der Waals surface area contributed by atoms with Gasteiger partial charge in [0.1, 0.15) is 5.75 Å². The van der Waals surface area contributed by atoms with Gasteiger partial charge in [-0.3, -0.25) is 9.59 Å². The zero-order valence-electron chi connectivity index (χ0n) is 17.4. The Morgan fingerprint density at radius 2 is 1.76 bits per heavy atom. The molecule has 1 aromatic rings. The number of hydrogen-bond acceptors (Lipinski definition) is 3. The van der Waals surface area contributed by atoms with E-state index in [4.69, 9.17) is 9.84 Å². The second-order valence-corrected chi connectivity index (χ2v) is 9.71. The summed E-state index contributed by atoms with van der Waals surface area (Å²) in [6, 6.07) is 8.52. The molecule has 1 aromatic carbocycles. The van der Waals surface area contributed by atoms with Gasteiger partial charge in [0, 0.05) is 13.0 Å². The molecule has 0 aromatic heterocycles. The Morgan fingerprint density at radius 3 is 2.38 bits per heavy atom. The highest BCUT2D eigenvalue weighted by atomic mass is 16.5. The molecule has 4 bridgehead atoms. The average Bonchev–Trinajstić information content (AvgIpc) is 2.69. The van der Waals surface area contributed by atoms with Gasteiger partial charge in [-0.25, -0.2) is 0 Å². The lowest BCUT2D eigenvalue weighted by Crippen LogP contribution is -2.59. The Balaban J connectivity index is 1.42. The van der Waals surface area contributed by atoms with Crippen molar-refractivity contribution in [1.82, 2.24) is 5.32 Å². The third kappa shape index (κ3) is 4.01. The molecule has 2 unspecified atom stereocenters. The molecule has 2 N–H and O–H groups in total. The summed E-state index contributed by atoms with van der Waals surface area (Å²) < 4.78 is 5.33. The fourth-order valence-electron chi connectivity index (χ4n) is 6.78. The van der Waals surface area contributed by atoms with Gasteiger partial charge in [0.25, 0.3) is 0 Å². The van der Waals surface area contributed by atoms with E-state index in [9.17, 15) is 9.59 Å². The molecule has 2 atom stereocenters. The lowest BCUT2D eigenvalue weighted by Gasteiger charge is -2.61. The zero-order chi connectivity index (χ0) is 20.5. The van der Waals surface area contributed by atoms with Gasteiger partial charge >= 0.3 is 5.97 Å². The van der Waals surface area contributed by atoms with Crippen molar-refractivity contribution >= 4 is 11.9 Å². The van der Waals surface area contributed by atoms with E-state index in [0.29, 0.717) is 24.8 Å². The summed E-state index contributed by atoms with van der Waals surface area (Å²) in [4.78, 5) is 23.9. The van der Waals surface area contributed by atoms with Crippen LogP contribution in [0.4, 0.5) is 0 Å². The largest absolute Gasteiger partial charge is 0.497 e. The van der Waals surface area contributed by atoms with Crippen molar-refractivity contribution in [3.05, 3.63) is 29.8 Å². The summed E-state index contributed by atoms with van der Waals surface area (Å²) >= 11 is 0. The van der Waals surface area contributed by atoms with Crippen LogP contribution >= 0.6 is 0 Å². The van der Waals surface area contributed by atoms with Crippen molar-refractivity contribution in [1.29, 1.82) is 0 Å². The van der Waals surface area contributed by atoms with Crippen LogP contribution in [0.3, 0.4) is 0 Å². The first-order chi connectivity index (χ1) is 13.9. The molecule has 0 saturated heterocycles. The van der Waals surface area contributed by atoms with Crippen molar-refractivity contribution in [2.75, 3.05) is 13.7 Å². The number of unbranched alkanes of at least 4 members (excludes halogenated alkanes) is 2. The van der Waals surface area contributed by atoms with Gasteiger partial charge in [-0.1, -0.05) is 18.6 Å². The topological polar surface area (TPSA) is 75.6 Å². The van der Waals surface area contributed by atoms with E-state index in [0.717, 1.165) is 37.9 Å². The van der Waals surface area contributed by atoms with Crippen molar-refractivity contribution in [3.63, 3.8) is 0 Å². The van der Waals surface area contributed by atoms with Crippen LogP contribution in [0.5, 0.6) is 5.75 Å². The molecule has 158 valence electrons. The van der Waals surface area contributed by atoms with Gasteiger partial charge in [-0.2, -0.15) is 0 Å². The predicted molar refractivity (Wildman–Crippen MR) is 111 cm³/mol. The number of amides is 1. The fraction of sp³-hybridized carbons (Fsp3) is 0.667. The summed E-state index contributed by atoms with van der Waals surface area (Å²) in [5.41, 5.74) is 1.29. The molecule has 5 heteroatoms. The predicted octanol–water partition coefficient (Wildman–Crippen LogP) is 4.29. The lowest BCUT2D eigenvalue weighted by atomic mass is 9.42. The van der Waals surface area contributed by atoms with E-state index in [-0.39, 0.29) is 23.2 Å². The Labute approximate surface area is 173 Å². The Bertz CT molecular complexity index is 743. The SMILES string of the molecule is COc1ccc(C23CC4CC(CC(C(=O)NCCCCCC(=O)O)(C4)C2)C3)cc1. The second kappa shape index (κ2) is 8.00. The molecule has 4 saturated carbocycles. The third-order valence-corrected chi connectivity index (χ3v) is 7.60. The minimum absolute atomic E-state index is 0.134. The molecule has 0 heterocycles. The minimum Gasteiger partial charge on any atom is -0.497 e. The average molecular weight is 400 g/mol. The molecular weight excluding hydrogens is 366 g/mol. The van der Waals surface area contributed by atoms with Crippen LogP contribution in [0.1, 0.15) is 69.8 Å². The number of aliphatic carboxylic acids is 1. The maximum absolute atomic E-state index is 13.3. The normalized spacial score (nSPS) is 32.2. The number of nitrogens with one attached hydrogen (secondary N) is 1. The fourth-order valence-corrected chi connectivity index (χ4v) is 6.78. The van der Waals surface area contributed by atoms with Crippen LogP contribution < -0.4 is 10.1 Å². The van der Waals surface area contributed by atoms with Gasteiger partial charge < -0.3 is 15.2 Å². The maximum Gasteiger partial charge on any atom is 0.303 e. The van der Waals surface area contributed by atoms with Crippen LogP contribution in [-0.4, -0.2) is 30.6 Å². The maximum atomic E-state index is 13.3. The summed E-state index contributed by atoms with van der Waals surface area (Å²) in [6.07, 6.45) is 9.32. The van der Waals surface area contributed by atoms with Crippen molar-refractivity contribution in [2.45, 2.75) is 69.6 Å². The Hall–Kier alpha value is -2.04. The molecule has 29 heavy (non-hydrogen) atoms. The van der Waals surface area contributed by atoms with E-state index >= 15 is 0 Å². The molecule has 1 amide bonds. The number of rotatable bonds is 9. The van der Waals surface area contributed by atoms with Gasteiger partial charge in [-0.15, -0.1) is 0 Å². The first-order valence-corrected chi connectivity index (χ1v) is 11.1. The van der Waals surface area contributed by atoms with Gasteiger partial charge in [0.15, 0.2) is 0 Å². The van der Waals surface area contributed by atoms with Crippen LogP contribution in [0.2, 0.25) is 0 Å². The molecule has 5 rings (SSSR count). The van der Waals surface area contributed by atoms with Crippen LogP contribution in [-0.2, 0) is 15.0 Å². The summed E-state index contributed by atoms with van der Waals surface area (Å²) in [7, 11) is 1.70. The van der Waals surface area contributed by atoms with E-state index < -0.39 is 5.97 Å². The number of carboxylic acid groups (broad SMARTS) is 1.